The van der Waals surface area contributed by atoms with Crippen LogP contribution in [0, 0.1) is 0 Å². The SMILES string of the molecule is C[Si](C)(C)CCOCn1ccc2c(OC3CCCN(Cc4ccccc4)C3)ncnc21. The summed E-state index contributed by atoms with van der Waals surface area (Å²) in [6, 6.07) is 13.8. The molecule has 1 aliphatic heterocycles. The second-order valence-electron chi connectivity index (χ2n) is 9.65. The fraction of sp³-hybridized carbons (Fsp3) is 0.500. The third-order valence-electron chi connectivity index (χ3n) is 5.74. The van der Waals surface area contributed by atoms with Crippen molar-refractivity contribution in [3.63, 3.8) is 0 Å². The molecule has 0 N–H and O–H groups in total. The maximum atomic E-state index is 6.38. The van der Waals surface area contributed by atoms with Gasteiger partial charge < -0.3 is 14.0 Å². The lowest BCUT2D eigenvalue weighted by molar-refractivity contribution is 0.0819. The van der Waals surface area contributed by atoms with E-state index in [1.165, 1.54) is 5.56 Å². The lowest BCUT2D eigenvalue weighted by atomic mass is 10.1. The van der Waals surface area contributed by atoms with E-state index in [1.54, 1.807) is 6.33 Å². The number of fused-ring (bicyclic) bond motifs is 1. The van der Waals surface area contributed by atoms with Gasteiger partial charge in [0.15, 0.2) is 0 Å². The highest BCUT2D eigenvalue weighted by Gasteiger charge is 2.23. The van der Waals surface area contributed by atoms with E-state index < -0.39 is 8.07 Å². The smallest absolute Gasteiger partial charge is 0.226 e. The van der Waals surface area contributed by atoms with Crippen molar-refractivity contribution in [3.05, 3.63) is 54.5 Å². The van der Waals surface area contributed by atoms with Crippen LogP contribution in [0.5, 0.6) is 5.88 Å². The molecule has 0 spiro atoms. The van der Waals surface area contributed by atoms with Crippen LogP contribution in [0.4, 0.5) is 0 Å². The highest BCUT2D eigenvalue weighted by Crippen LogP contribution is 2.26. The van der Waals surface area contributed by atoms with Crippen LogP contribution in [0.3, 0.4) is 0 Å². The van der Waals surface area contributed by atoms with Gasteiger partial charge in [-0.05, 0) is 37.1 Å². The Kier molecular flexibility index (Phi) is 7.05. The van der Waals surface area contributed by atoms with Crippen molar-refractivity contribution in [2.45, 2.75) is 57.9 Å². The monoisotopic (exact) mass is 438 g/mol. The Hall–Kier alpha value is -2.22. The van der Waals surface area contributed by atoms with Crippen molar-refractivity contribution in [3.8, 4) is 5.88 Å². The van der Waals surface area contributed by atoms with Crippen LogP contribution in [-0.2, 0) is 18.0 Å². The van der Waals surface area contributed by atoms with Crippen LogP contribution >= 0.6 is 0 Å². The molecule has 1 unspecified atom stereocenters. The fourth-order valence-electron chi connectivity index (χ4n) is 3.97. The van der Waals surface area contributed by atoms with Crippen LogP contribution in [0.1, 0.15) is 18.4 Å². The standard InChI is InChI=1S/C24H34N4O2Si/c1-31(2,3)15-14-29-19-28-13-11-22-23(28)25-18-26-24(22)30-21-10-7-12-27(17-21)16-20-8-5-4-6-9-20/h4-6,8-9,11,13,18,21H,7,10,12,14-17,19H2,1-3H3. The third-order valence-corrected chi connectivity index (χ3v) is 7.44. The van der Waals surface area contributed by atoms with E-state index in [0.717, 1.165) is 56.2 Å². The summed E-state index contributed by atoms with van der Waals surface area (Å²) in [4.78, 5) is 11.4. The Morgan fingerprint density at radius 2 is 1.94 bits per heavy atom. The molecule has 7 heteroatoms. The molecule has 0 bridgehead atoms. The van der Waals surface area contributed by atoms with Crippen molar-refractivity contribution in [1.29, 1.82) is 0 Å². The van der Waals surface area contributed by atoms with Crippen LogP contribution in [0.15, 0.2) is 48.9 Å². The largest absolute Gasteiger partial charge is 0.472 e. The first-order chi connectivity index (χ1) is 15.0. The Balaban J connectivity index is 1.37. The second-order valence-corrected chi connectivity index (χ2v) is 15.3. The average molecular weight is 439 g/mol. The first kappa shape index (κ1) is 22.0. The van der Waals surface area contributed by atoms with Gasteiger partial charge in [-0.3, -0.25) is 4.90 Å². The van der Waals surface area contributed by atoms with Gasteiger partial charge in [-0.25, -0.2) is 9.97 Å². The summed E-state index contributed by atoms with van der Waals surface area (Å²) in [7, 11) is -1.08. The molecule has 1 saturated heterocycles. The molecule has 0 radical (unpaired) electrons. The molecule has 1 aliphatic rings. The summed E-state index contributed by atoms with van der Waals surface area (Å²) >= 11 is 0. The van der Waals surface area contributed by atoms with Crippen LogP contribution in [0.2, 0.25) is 25.7 Å². The molecular formula is C24H34N4O2Si. The Bertz CT molecular complexity index is 971. The summed E-state index contributed by atoms with van der Waals surface area (Å²) in [6.07, 6.45) is 5.95. The Morgan fingerprint density at radius 3 is 2.74 bits per heavy atom. The number of rotatable bonds is 9. The number of aromatic nitrogens is 3. The average Bonchev–Trinajstić information content (AvgIpc) is 3.16. The van der Waals surface area contributed by atoms with Gasteiger partial charge >= 0.3 is 0 Å². The van der Waals surface area contributed by atoms with Gasteiger partial charge in [0.05, 0.1) is 5.39 Å². The lowest BCUT2D eigenvalue weighted by Gasteiger charge is -2.32. The number of nitrogens with zero attached hydrogens (tertiary/aromatic N) is 4. The van der Waals surface area contributed by atoms with Crippen molar-refractivity contribution >= 4 is 19.1 Å². The third kappa shape index (κ3) is 6.15. The zero-order valence-electron chi connectivity index (χ0n) is 19.0. The van der Waals surface area contributed by atoms with Crippen LogP contribution in [-0.4, -0.2) is 53.3 Å². The van der Waals surface area contributed by atoms with Gasteiger partial charge in [0, 0.05) is 34.0 Å². The zero-order chi connectivity index (χ0) is 21.7. The first-order valence-electron chi connectivity index (χ1n) is 11.3. The van der Waals surface area contributed by atoms with Gasteiger partial charge in [0.1, 0.15) is 24.8 Å². The predicted molar refractivity (Wildman–Crippen MR) is 127 cm³/mol. The lowest BCUT2D eigenvalue weighted by Crippen LogP contribution is -2.40. The summed E-state index contributed by atoms with van der Waals surface area (Å²) in [6.45, 7) is 11.4. The van der Waals surface area contributed by atoms with E-state index in [9.17, 15) is 0 Å². The number of piperidine rings is 1. The molecule has 2 aromatic heterocycles. The molecule has 0 aliphatic carbocycles. The van der Waals surface area contributed by atoms with Crippen molar-refractivity contribution < 1.29 is 9.47 Å². The van der Waals surface area contributed by atoms with Gasteiger partial charge in [-0.15, -0.1) is 0 Å². The molecule has 0 saturated carbocycles. The molecule has 166 valence electrons. The van der Waals surface area contributed by atoms with E-state index in [1.807, 2.05) is 16.8 Å². The van der Waals surface area contributed by atoms with E-state index in [4.69, 9.17) is 9.47 Å². The summed E-state index contributed by atoms with van der Waals surface area (Å²) < 4.78 is 14.3. The van der Waals surface area contributed by atoms with E-state index in [0.29, 0.717) is 12.6 Å². The second kappa shape index (κ2) is 9.93. The topological polar surface area (TPSA) is 52.4 Å². The molecule has 31 heavy (non-hydrogen) atoms. The Morgan fingerprint density at radius 1 is 1.10 bits per heavy atom. The van der Waals surface area contributed by atoms with Gasteiger partial charge in [0.25, 0.3) is 0 Å². The summed E-state index contributed by atoms with van der Waals surface area (Å²) in [5, 5.41) is 0.955. The van der Waals surface area contributed by atoms with Crippen molar-refractivity contribution in [2.75, 3.05) is 19.7 Å². The minimum atomic E-state index is -1.08. The van der Waals surface area contributed by atoms with Crippen molar-refractivity contribution in [2.24, 2.45) is 0 Å². The number of likely N-dealkylation sites (tertiary alicyclic amines) is 1. The van der Waals surface area contributed by atoms with E-state index in [-0.39, 0.29) is 6.10 Å². The number of hydrogen-bond donors (Lipinski definition) is 0. The maximum absolute atomic E-state index is 6.38. The van der Waals surface area contributed by atoms with Crippen LogP contribution < -0.4 is 4.74 Å². The first-order valence-corrected chi connectivity index (χ1v) is 15.0. The van der Waals surface area contributed by atoms with Gasteiger partial charge in [-0.1, -0.05) is 50.0 Å². The molecule has 3 aromatic rings. The molecular weight excluding hydrogens is 404 g/mol. The zero-order valence-corrected chi connectivity index (χ0v) is 20.0. The highest BCUT2D eigenvalue weighted by atomic mass is 28.3. The predicted octanol–water partition coefficient (Wildman–Crippen LogP) is 4.79. The minimum Gasteiger partial charge on any atom is -0.472 e. The molecule has 3 heterocycles. The normalized spacial score (nSPS) is 17.8. The fourth-order valence-corrected chi connectivity index (χ4v) is 4.73. The molecule has 1 aromatic carbocycles. The Labute approximate surface area is 186 Å². The summed E-state index contributed by atoms with van der Waals surface area (Å²) in [5.74, 6) is 0.678. The highest BCUT2D eigenvalue weighted by molar-refractivity contribution is 6.76. The molecule has 1 atom stereocenters. The van der Waals surface area contributed by atoms with Gasteiger partial charge in [-0.2, -0.15) is 0 Å². The number of benzene rings is 1. The quantitative estimate of drug-likeness (QED) is 0.355. The number of ether oxygens (including phenoxy) is 2. The van der Waals surface area contributed by atoms with Crippen molar-refractivity contribution in [1.82, 2.24) is 19.4 Å². The maximum Gasteiger partial charge on any atom is 0.226 e. The van der Waals surface area contributed by atoms with Crippen LogP contribution in [0.25, 0.3) is 11.0 Å². The summed E-state index contributed by atoms with van der Waals surface area (Å²) in [5.41, 5.74) is 2.22. The van der Waals surface area contributed by atoms with E-state index >= 15 is 0 Å². The molecule has 6 nitrogen and oxygen atoms in total. The molecule has 4 rings (SSSR count). The molecule has 0 amide bonds. The number of hydrogen-bond acceptors (Lipinski definition) is 5. The molecule has 1 fully saturated rings. The van der Waals surface area contributed by atoms with Gasteiger partial charge in [0.2, 0.25) is 5.88 Å². The van der Waals surface area contributed by atoms with E-state index in [2.05, 4.69) is 64.8 Å². The minimum absolute atomic E-state index is 0.145.